The number of amides is 2. The summed E-state index contributed by atoms with van der Waals surface area (Å²) in [5.41, 5.74) is 8.00. The van der Waals surface area contributed by atoms with Crippen molar-refractivity contribution in [3.63, 3.8) is 0 Å². The van der Waals surface area contributed by atoms with Crippen molar-refractivity contribution < 1.29 is 14.7 Å². The topological polar surface area (TPSA) is 78.4 Å². The van der Waals surface area contributed by atoms with Crippen LogP contribution in [0.2, 0.25) is 0 Å². The number of phenols is 1. The van der Waals surface area contributed by atoms with Gasteiger partial charge in [0.15, 0.2) is 0 Å². The molecule has 0 heterocycles. The second-order valence-electron chi connectivity index (χ2n) is 17.2. The molecule has 0 radical (unpaired) electrons. The van der Waals surface area contributed by atoms with Crippen molar-refractivity contribution in [2.24, 2.45) is 57.7 Å². The van der Waals surface area contributed by atoms with Gasteiger partial charge in [-0.1, -0.05) is 42.0 Å². The Labute approximate surface area is 278 Å². The van der Waals surface area contributed by atoms with Crippen LogP contribution >= 0.6 is 0 Å². The second-order valence-corrected chi connectivity index (χ2v) is 17.2. The summed E-state index contributed by atoms with van der Waals surface area (Å²) in [5, 5.41) is 16.2. The zero-order valence-corrected chi connectivity index (χ0v) is 27.5. The van der Waals surface area contributed by atoms with E-state index in [1.807, 2.05) is 18.2 Å². The third-order valence-electron chi connectivity index (χ3n) is 15.5. The third kappa shape index (κ3) is 3.89. The lowest BCUT2D eigenvalue weighted by molar-refractivity contribution is -0.245. The van der Waals surface area contributed by atoms with E-state index >= 15 is 0 Å². The fraction of sp³-hybridized carbons (Fsp3) is 0.571. The van der Waals surface area contributed by atoms with Gasteiger partial charge in [-0.3, -0.25) is 9.59 Å². The predicted molar refractivity (Wildman–Crippen MR) is 183 cm³/mol. The largest absolute Gasteiger partial charge is 0.508 e. The maximum Gasteiger partial charge on any atom is 0.243 e. The lowest BCUT2D eigenvalue weighted by Gasteiger charge is -2.73. The summed E-state index contributed by atoms with van der Waals surface area (Å²) in [6, 6.07) is 16.4. The predicted octanol–water partition coefficient (Wildman–Crippen LogP) is 7.50. The molecule has 10 atom stereocenters. The molecule has 4 bridgehead atoms. The molecule has 2 spiro atoms. The van der Waals surface area contributed by atoms with Crippen molar-refractivity contribution in [1.82, 2.24) is 10.6 Å². The molecule has 2 amide bonds. The van der Waals surface area contributed by atoms with E-state index in [0.717, 1.165) is 66.3 Å². The number of benzene rings is 2. The zero-order chi connectivity index (χ0) is 31.5. The number of hydrogen-bond donors (Lipinski definition) is 3. The lowest BCUT2D eigenvalue weighted by Crippen LogP contribution is -2.67. The van der Waals surface area contributed by atoms with Crippen LogP contribution in [0.4, 0.5) is 0 Å². The molecule has 3 N–H and O–H groups in total. The first kappa shape index (κ1) is 28.7. The van der Waals surface area contributed by atoms with E-state index in [2.05, 4.69) is 47.0 Å². The first-order valence-electron chi connectivity index (χ1n) is 18.7. The molecule has 5 heteroatoms. The van der Waals surface area contributed by atoms with Gasteiger partial charge in [-0.2, -0.15) is 0 Å². The zero-order valence-electron chi connectivity index (χ0n) is 27.5. The minimum absolute atomic E-state index is 0.0789. The Morgan fingerprint density at radius 2 is 1.47 bits per heavy atom. The molecule has 5 nitrogen and oxygen atoms in total. The molecule has 8 aliphatic carbocycles. The van der Waals surface area contributed by atoms with E-state index in [4.69, 9.17) is 0 Å². The molecular weight excluding hydrogens is 580 g/mol. The van der Waals surface area contributed by atoms with E-state index < -0.39 is 0 Å². The number of carbonyl (C=O) groups is 2. The number of nitrogens with one attached hydrogen (secondary N) is 2. The van der Waals surface area contributed by atoms with Gasteiger partial charge < -0.3 is 15.7 Å². The van der Waals surface area contributed by atoms with Crippen molar-refractivity contribution in [3.8, 4) is 5.75 Å². The van der Waals surface area contributed by atoms with Crippen LogP contribution in [-0.2, 0) is 9.59 Å². The Balaban J connectivity index is 0.715. The molecule has 47 heavy (non-hydrogen) atoms. The molecule has 0 aromatic heterocycles. The van der Waals surface area contributed by atoms with Gasteiger partial charge in [0.05, 0.1) is 0 Å². The molecule has 0 aliphatic heterocycles. The van der Waals surface area contributed by atoms with E-state index in [1.165, 1.54) is 74.5 Å². The number of phenolic OH excluding ortho intramolecular Hbond substituents is 1. The van der Waals surface area contributed by atoms with E-state index in [1.54, 1.807) is 11.6 Å². The van der Waals surface area contributed by atoms with Crippen LogP contribution in [0.5, 0.6) is 5.75 Å². The molecule has 2 aromatic carbocycles. The maximum absolute atomic E-state index is 12.8. The van der Waals surface area contributed by atoms with Gasteiger partial charge >= 0.3 is 0 Å². The molecule has 0 saturated heterocycles. The molecule has 2 aromatic rings. The van der Waals surface area contributed by atoms with Crippen LogP contribution in [0, 0.1) is 57.7 Å². The summed E-state index contributed by atoms with van der Waals surface area (Å²) in [6.07, 6.45) is 18.5. The Morgan fingerprint density at radius 3 is 2.21 bits per heavy atom. The van der Waals surface area contributed by atoms with Crippen LogP contribution in [0.25, 0.3) is 11.6 Å². The number of unbranched alkanes of at least 4 members (excludes halogenated alkanes) is 1. The van der Waals surface area contributed by atoms with Crippen LogP contribution in [0.3, 0.4) is 0 Å². The van der Waals surface area contributed by atoms with Gasteiger partial charge in [0.1, 0.15) is 5.75 Å². The molecule has 10 rings (SSSR count). The quantitative estimate of drug-likeness (QED) is 0.178. The van der Waals surface area contributed by atoms with Crippen molar-refractivity contribution in [2.45, 2.75) is 77.0 Å². The number of hydrogen-bond acceptors (Lipinski definition) is 3. The van der Waals surface area contributed by atoms with E-state index in [0.29, 0.717) is 35.1 Å². The second kappa shape index (κ2) is 10.1. The molecule has 8 fully saturated rings. The summed E-state index contributed by atoms with van der Waals surface area (Å²) < 4.78 is 0. The molecular formula is C42H48N2O3. The first-order chi connectivity index (χ1) is 22.9. The Bertz CT molecular complexity index is 1710. The van der Waals surface area contributed by atoms with Crippen molar-refractivity contribution in [3.05, 3.63) is 76.9 Å². The normalized spacial score (nSPS) is 41.3. The summed E-state index contributed by atoms with van der Waals surface area (Å²) in [4.78, 5) is 25.4. The van der Waals surface area contributed by atoms with Crippen molar-refractivity contribution >= 4 is 23.5 Å². The minimum Gasteiger partial charge on any atom is -0.508 e. The molecule has 244 valence electrons. The summed E-state index contributed by atoms with van der Waals surface area (Å²) in [6.45, 7) is 1.31. The number of carbonyl (C=O) groups excluding carboxylic acids is 2. The third-order valence-corrected chi connectivity index (χ3v) is 15.5. The highest BCUT2D eigenvalue weighted by Crippen LogP contribution is 2.87. The minimum atomic E-state index is -0.0789. The van der Waals surface area contributed by atoms with Gasteiger partial charge in [0.2, 0.25) is 11.8 Å². The highest BCUT2D eigenvalue weighted by Gasteiger charge is 2.80. The average Bonchev–Trinajstić information content (AvgIpc) is 3.76. The van der Waals surface area contributed by atoms with Crippen LogP contribution in [0.15, 0.2) is 60.2 Å². The van der Waals surface area contributed by atoms with Crippen LogP contribution in [0.1, 0.15) is 93.7 Å². The van der Waals surface area contributed by atoms with E-state index in [9.17, 15) is 14.7 Å². The smallest absolute Gasteiger partial charge is 0.243 e. The maximum atomic E-state index is 12.8. The van der Waals surface area contributed by atoms with Gasteiger partial charge in [-0.05, 0) is 169 Å². The molecule has 8 saturated carbocycles. The van der Waals surface area contributed by atoms with Crippen LogP contribution in [-0.4, -0.2) is 30.0 Å². The Morgan fingerprint density at radius 1 is 0.745 bits per heavy atom. The molecule has 10 unspecified atom stereocenters. The number of fused-ring (bicyclic) bond motifs is 2. The Hall–Kier alpha value is -3.34. The van der Waals surface area contributed by atoms with Gasteiger partial charge in [-0.25, -0.2) is 0 Å². The van der Waals surface area contributed by atoms with E-state index in [-0.39, 0.29) is 11.8 Å². The number of allylic oxidation sites excluding steroid dienone is 1. The number of rotatable bonds is 11. The van der Waals surface area contributed by atoms with Crippen molar-refractivity contribution in [2.75, 3.05) is 13.1 Å². The number of aromatic hydroxyl groups is 1. The first-order valence-corrected chi connectivity index (χ1v) is 18.7. The van der Waals surface area contributed by atoms with Crippen LogP contribution < -0.4 is 10.6 Å². The highest BCUT2D eigenvalue weighted by molar-refractivity contribution is 5.92. The summed E-state index contributed by atoms with van der Waals surface area (Å²) in [5.74, 6) is 6.60. The highest BCUT2D eigenvalue weighted by atomic mass is 16.3. The van der Waals surface area contributed by atoms with Crippen molar-refractivity contribution in [1.29, 1.82) is 0 Å². The summed E-state index contributed by atoms with van der Waals surface area (Å²) >= 11 is 0. The van der Waals surface area contributed by atoms with Gasteiger partial charge in [0, 0.05) is 25.6 Å². The van der Waals surface area contributed by atoms with Gasteiger partial charge in [-0.15, -0.1) is 0 Å². The Kier molecular flexibility index (Phi) is 6.15. The fourth-order valence-electron chi connectivity index (χ4n) is 14.1. The average molecular weight is 629 g/mol. The van der Waals surface area contributed by atoms with Gasteiger partial charge in [0.25, 0.3) is 0 Å². The summed E-state index contributed by atoms with van der Waals surface area (Å²) in [7, 11) is 0. The SMILES string of the molecule is O=C(/C=C/c1ccc(/C(=C2\C3CC4CC5CC2C53C4)c2ccc(O)cc2)cc1)NCCCCNC(=O)CC12CC3CC4CC(C1)C42C3. The molecule has 8 aliphatic rings. The fourth-order valence-corrected chi connectivity index (χ4v) is 14.1. The standard InChI is InChI=1S/C42H48N2O3/c45-33-10-8-29(9-11-33)38(39-34-17-26-15-30-19-35(39)41(30,34)21-26)28-6-3-25(4-7-28)5-12-36(46)43-13-1-2-14-44-37(47)24-40-20-27-16-31-18-32(23-40)42(31,40)22-27/h3-12,26-27,30-32,34-35,45H,1-2,13-24H2,(H,43,46)(H,44,47)/b12-5+,39-38-. The lowest BCUT2D eigenvalue weighted by atomic mass is 9.31. The monoisotopic (exact) mass is 628 g/mol.